The van der Waals surface area contributed by atoms with Crippen molar-refractivity contribution in [2.45, 2.75) is 31.7 Å². The summed E-state index contributed by atoms with van der Waals surface area (Å²) < 4.78 is 3.26. The quantitative estimate of drug-likeness (QED) is 0.567. The number of benzene rings is 1. The van der Waals surface area contributed by atoms with Crippen LogP contribution in [0.4, 0.5) is 0 Å². The molecule has 0 saturated heterocycles. The van der Waals surface area contributed by atoms with Crippen molar-refractivity contribution in [3.8, 4) is 0 Å². The van der Waals surface area contributed by atoms with E-state index in [9.17, 15) is 0 Å². The minimum atomic E-state index is -0.125. The number of thiazole rings is 1. The number of rotatable bonds is 4. The molecule has 2 aromatic heterocycles. The minimum absolute atomic E-state index is 0.125. The molecule has 3 rings (SSSR count). The van der Waals surface area contributed by atoms with Crippen LogP contribution in [0.25, 0.3) is 11.0 Å². The molecule has 0 N–H and O–H groups in total. The molecule has 1 aromatic carbocycles. The molecule has 0 fully saturated rings. The number of fused-ring (bicyclic) bond motifs is 1. The summed E-state index contributed by atoms with van der Waals surface area (Å²) in [6, 6.07) is 6.12. The lowest BCUT2D eigenvalue weighted by molar-refractivity contribution is 0.583. The highest BCUT2D eigenvalue weighted by Gasteiger charge is 2.18. The molecule has 2 atom stereocenters. The van der Waals surface area contributed by atoms with Crippen LogP contribution in [0.5, 0.6) is 0 Å². The van der Waals surface area contributed by atoms with E-state index < -0.39 is 0 Å². The Morgan fingerprint density at radius 1 is 1.38 bits per heavy atom. The first-order valence-electron chi connectivity index (χ1n) is 6.75. The van der Waals surface area contributed by atoms with Gasteiger partial charge in [0.15, 0.2) is 0 Å². The average molecular weight is 385 g/mol. The van der Waals surface area contributed by atoms with Crippen LogP contribution in [0.15, 0.2) is 34.2 Å². The molecule has 3 nitrogen and oxygen atoms in total. The lowest BCUT2D eigenvalue weighted by atomic mass is 10.2. The van der Waals surface area contributed by atoms with Gasteiger partial charge in [-0.15, -0.1) is 22.9 Å². The standard InChI is InChI=1S/C15H15BrClN3S/c1-9(15-18-5-6-21-15)8-20-13-7-11(16)3-4-12(13)19-14(20)10(2)17/h3-7,9-10H,8H2,1-2H3. The molecule has 0 aliphatic carbocycles. The fourth-order valence-electron chi connectivity index (χ4n) is 2.44. The third-order valence-electron chi connectivity index (χ3n) is 3.43. The van der Waals surface area contributed by atoms with Crippen LogP contribution in [-0.2, 0) is 6.54 Å². The highest BCUT2D eigenvalue weighted by molar-refractivity contribution is 9.10. The van der Waals surface area contributed by atoms with Gasteiger partial charge in [-0.05, 0) is 25.1 Å². The maximum absolute atomic E-state index is 6.32. The Morgan fingerprint density at radius 3 is 2.86 bits per heavy atom. The number of aromatic nitrogens is 3. The summed E-state index contributed by atoms with van der Waals surface area (Å²) in [5.74, 6) is 1.24. The van der Waals surface area contributed by atoms with Crippen LogP contribution < -0.4 is 0 Å². The normalized spacial score (nSPS) is 14.5. The summed E-state index contributed by atoms with van der Waals surface area (Å²) in [7, 11) is 0. The van der Waals surface area contributed by atoms with Crippen molar-refractivity contribution in [3.05, 3.63) is 45.1 Å². The molecular formula is C15H15BrClN3S. The summed E-state index contributed by atoms with van der Waals surface area (Å²) in [5.41, 5.74) is 2.09. The zero-order valence-corrected chi connectivity index (χ0v) is 14.9. The predicted octanol–water partition coefficient (Wildman–Crippen LogP) is 5.36. The van der Waals surface area contributed by atoms with Gasteiger partial charge in [0.05, 0.1) is 21.4 Å². The number of hydrogen-bond acceptors (Lipinski definition) is 3. The van der Waals surface area contributed by atoms with E-state index in [1.54, 1.807) is 11.3 Å². The maximum Gasteiger partial charge on any atom is 0.127 e. The van der Waals surface area contributed by atoms with Gasteiger partial charge < -0.3 is 4.57 Å². The van der Waals surface area contributed by atoms with E-state index in [0.717, 1.165) is 32.9 Å². The highest BCUT2D eigenvalue weighted by atomic mass is 79.9. The molecule has 110 valence electrons. The molecule has 0 amide bonds. The van der Waals surface area contributed by atoms with Crippen LogP contribution in [0, 0.1) is 0 Å². The van der Waals surface area contributed by atoms with E-state index in [4.69, 9.17) is 11.6 Å². The molecule has 2 unspecified atom stereocenters. The number of imidazole rings is 1. The summed E-state index contributed by atoms with van der Waals surface area (Å²) >= 11 is 11.5. The van der Waals surface area contributed by atoms with Gasteiger partial charge in [0.1, 0.15) is 5.82 Å². The number of hydrogen-bond donors (Lipinski definition) is 0. The summed E-state index contributed by atoms with van der Waals surface area (Å²) in [6.45, 7) is 4.97. The molecule has 2 heterocycles. The van der Waals surface area contributed by atoms with Crippen molar-refractivity contribution in [1.29, 1.82) is 0 Å². The SMILES string of the molecule is CC(Cl)c1nc2ccc(Br)cc2n1CC(C)c1nccs1. The van der Waals surface area contributed by atoms with Crippen LogP contribution in [0.1, 0.15) is 36.0 Å². The number of alkyl halides is 1. The van der Waals surface area contributed by atoms with E-state index in [1.165, 1.54) is 0 Å². The molecule has 0 spiro atoms. The van der Waals surface area contributed by atoms with E-state index in [-0.39, 0.29) is 5.38 Å². The number of nitrogens with zero attached hydrogens (tertiary/aromatic N) is 3. The molecule has 6 heteroatoms. The van der Waals surface area contributed by atoms with Crippen molar-refractivity contribution >= 4 is 49.9 Å². The molecule has 0 aliphatic heterocycles. The van der Waals surface area contributed by atoms with Gasteiger partial charge in [0, 0.05) is 28.5 Å². The topological polar surface area (TPSA) is 30.7 Å². The van der Waals surface area contributed by atoms with Crippen molar-refractivity contribution in [2.75, 3.05) is 0 Å². The first-order valence-corrected chi connectivity index (χ1v) is 8.86. The molecule has 0 bridgehead atoms. The zero-order valence-electron chi connectivity index (χ0n) is 11.8. The van der Waals surface area contributed by atoms with E-state index in [1.807, 2.05) is 30.6 Å². The van der Waals surface area contributed by atoms with Gasteiger partial charge in [-0.2, -0.15) is 0 Å². The van der Waals surface area contributed by atoms with Crippen LogP contribution in [0.2, 0.25) is 0 Å². The Hall–Kier alpha value is -0.910. The first-order chi connectivity index (χ1) is 10.1. The van der Waals surface area contributed by atoms with Crippen molar-refractivity contribution < 1.29 is 0 Å². The first kappa shape index (κ1) is 15.0. The van der Waals surface area contributed by atoms with Crippen LogP contribution in [-0.4, -0.2) is 14.5 Å². The van der Waals surface area contributed by atoms with E-state index >= 15 is 0 Å². The second-order valence-corrected chi connectivity index (χ2v) is 7.60. The van der Waals surface area contributed by atoms with Gasteiger partial charge in [-0.1, -0.05) is 22.9 Å². The molecule has 0 aliphatic rings. The average Bonchev–Trinajstić information content (AvgIpc) is 3.07. The third-order valence-corrected chi connectivity index (χ3v) is 5.12. The van der Waals surface area contributed by atoms with Gasteiger partial charge in [-0.25, -0.2) is 9.97 Å². The zero-order chi connectivity index (χ0) is 15.0. The minimum Gasteiger partial charge on any atom is -0.326 e. The van der Waals surface area contributed by atoms with Gasteiger partial charge >= 0.3 is 0 Å². The van der Waals surface area contributed by atoms with Gasteiger partial charge in [-0.3, -0.25) is 0 Å². The van der Waals surface area contributed by atoms with Crippen molar-refractivity contribution in [2.24, 2.45) is 0 Å². The van der Waals surface area contributed by atoms with Crippen molar-refractivity contribution in [3.63, 3.8) is 0 Å². The summed E-state index contributed by atoms with van der Waals surface area (Å²) in [5, 5.41) is 3.03. The molecular weight excluding hydrogens is 370 g/mol. The summed E-state index contributed by atoms with van der Waals surface area (Å²) in [4.78, 5) is 9.09. The smallest absolute Gasteiger partial charge is 0.127 e. The fraction of sp³-hybridized carbons (Fsp3) is 0.333. The Balaban J connectivity index is 2.06. The van der Waals surface area contributed by atoms with Crippen molar-refractivity contribution in [1.82, 2.24) is 14.5 Å². The largest absolute Gasteiger partial charge is 0.326 e. The lowest BCUT2D eigenvalue weighted by Crippen LogP contribution is -2.10. The Labute approximate surface area is 141 Å². The molecule has 3 aromatic rings. The Kier molecular flexibility index (Phi) is 4.33. The maximum atomic E-state index is 6.32. The molecule has 0 radical (unpaired) electrons. The monoisotopic (exact) mass is 383 g/mol. The Morgan fingerprint density at radius 2 is 2.19 bits per heavy atom. The lowest BCUT2D eigenvalue weighted by Gasteiger charge is -2.14. The fourth-order valence-corrected chi connectivity index (χ4v) is 3.65. The second-order valence-electron chi connectivity index (χ2n) is 5.10. The second kappa shape index (κ2) is 6.07. The van der Waals surface area contributed by atoms with Crippen LogP contribution >= 0.6 is 38.9 Å². The number of halogens is 2. The van der Waals surface area contributed by atoms with Gasteiger partial charge in [0.2, 0.25) is 0 Å². The van der Waals surface area contributed by atoms with E-state index in [0.29, 0.717) is 5.92 Å². The third kappa shape index (κ3) is 3.00. The predicted molar refractivity (Wildman–Crippen MR) is 92.2 cm³/mol. The Bertz CT molecular complexity index is 752. The van der Waals surface area contributed by atoms with E-state index in [2.05, 4.69) is 43.5 Å². The molecule has 21 heavy (non-hydrogen) atoms. The van der Waals surface area contributed by atoms with Gasteiger partial charge in [0.25, 0.3) is 0 Å². The summed E-state index contributed by atoms with van der Waals surface area (Å²) in [6.07, 6.45) is 1.85. The highest BCUT2D eigenvalue weighted by Crippen LogP contribution is 2.29. The molecule has 0 saturated carbocycles. The van der Waals surface area contributed by atoms with Crippen LogP contribution in [0.3, 0.4) is 0 Å².